The molecule has 2 heterocycles. The van der Waals surface area contributed by atoms with Gasteiger partial charge in [0.15, 0.2) is 22.3 Å². The average molecular weight is 446 g/mol. The van der Waals surface area contributed by atoms with Crippen molar-refractivity contribution >= 4 is 44.2 Å². The standard InChI is InChI=1S/C20H13ClFN3O4S/c1-28-15-6-7-23-17(18(15)26)19(27)25-20-24-13-4-3-11(9-16(13)30-20)29-14-5-2-10(22)8-12(14)21/h2-9,26H,1H3,(H,24,25,27). The third-order valence-corrected chi connectivity index (χ3v) is 5.25. The number of hydrogen-bond donors (Lipinski definition) is 2. The molecule has 2 N–H and O–H groups in total. The van der Waals surface area contributed by atoms with Gasteiger partial charge in [-0.1, -0.05) is 22.9 Å². The van der Waals surface area contributed by atoms with Crippen molar-refractivity contribution in [2.75, 3.05) is 12.4 Å². The minimum atomic E-state index is -0.625. The molecule has 0 aliphatic heterocycles. The third-order valence-electron chi connectivity index (χ3n) is 4.02. The number of nitrogens with one attached hydrogen (secondary N) is 1. The van der Waals surface area contributed by atoms with Gasteiger partial charge in [-0.3, -0.25) is 10.1 Å². The molecule has 0 radical (unpaired) electrons. The van der Waals surface area contributed by atoms with Crippen LogP contribution < -0.4 is 14.8 Å². The van der Waals surface area contributed by atoms with Crippen molar-refractivity contribution in [3.63, 3.8) is 0 Å². The van der Waals surface area contributed by atoms with Gasteiger partial charge < -0.3 is 14.6 Å². The van der Waals surface area contributed by atoms with Crippen LogP contribution in [0.5, 0.6) is 23.0 Å². The number of ether oxygens (including phenoxy) is 2. The maximum atomic E-state index is 13.2. The van der Waals surface area contributed by atoms with Crippen molar-refractivity contribution in [3.8, 4) is 23.0 Å². The fourth-order valence-electron chi connectivity index (χ4n) is 2.63. The molecule has 0 saturated heterocycles. The zero-order valence-corrected chi connectivity index (χ0v) is 16.9. The third kappa shape index (κ3) is 3.98. The molecule has 0 spiro atoms. The van der Waals surface area contributed by atoms with E-state index in [1.807, 2.05) is 0 Å². The monoisotopic (exact) mass is 445 g/mol. The van der Waals surface area contributed by atoms with Gasteiger partial charge in [-0.25, -0.2) is 14.4 Å². The number of halogens is 2. The molecule has 0 aliphatic rings. The van der Waals surface area contributed by atoms with E-state index in [-0.39, 0.29) is 22.2 Å². The van der Waals surface area contributed by atoms with Gasteiger partial charge in [-0.15, -0.1) is 0 Å². The van der Waals surface area contributed by atoms with Crippen LogP contribution in [0.3, 0.4) is 0 Å². The lowest BCUT2D eigenvalue weighted by Crippen LogP contribution is -2.13. The molecule has 0 bridgehead atoms. The number of nitrogens with zero attached hydrogens (tertiary/aromatic N) is 2. The van der Waals surface area contributed by atoms with Crippen LogP contribution in [-0.2, 0) is 0 Å². The van der Waals surface area contributed by atoms with E-state index < -0.39 is 11.7 Å². The van der Waals surface area contributed by atoms with Crippen LogP contribution >= 0.6 is 22.9 Å². The van der Waals surface area contributed by atoms with Crippen molar-refractivity contribution in [2.45, 2.75) is 0 Å². The summed E-state index contributed by atoms with van der Waals surface area (Å²) in [5, 5.41) is 13.2. The molecule has 152 valence electrons. The number of hydrogen-bond acceptors (Lipinski definition) is 7. The van der Waals surface area contributed by atoms with Crippen LogP contribution in [-0.4, -0.2) is 28.1 Å². The highest BCUT2D eigenvalue weighted by molar-refractivity contribution is 7.22. The number of methoxy groups -OCH3 is 1. The number of rotatable bonds is 5. The van der Waals surface area contributed by atoms with Gasteiger partial charge >= 0.3 is 0 Å². The Kier molecular flexibility index (Phi) is 5.39. The molecular weight excluding hydrogens is 433 g/mol. The zero-order chi connectivity index (χ0) is 21.3. The van der Waals surface area contributed by atoms with E-state index in [9.17, 15) is 14.3 Å². The Balaban J connectivity index is 1.56. The van der Waals surface area contributed by atoms with Gasteiger partial charge in [-0.2, -0.15) is 0 Å². The molecule has 0 saturated carbocycles. The molecule has 4 rings (SSSR count). The number of amides is 1. The summed E-state index contributed by atoms with van der Waals surface area (Å²) < 4.78 is 24.6. The average Bonchev–Trinajstić information content (AvgIpc) is 3.11. The summed E-state index contributed by atoms with van der Waals surface area (Å²) in [6.07, 6.45) is 1.36. The van der Waals surface area contributed by atoms with Crippen molar-refractivity contribution < 1.29 is 23.8 Å². The minimum absolute atomic E-state index is 0.140. The Bertz CT molecular complexity index is 1260. The smallest absolute Gasteiger partial charge is 0.280 e. The van der Waals surface area contributed by atoms with E-state index in [1.165, 1.54) is 42.8 Å². The maximum Gasteiger partial charge on any atom is 0.280 e. The quantitative estimate of drug-likeness (QED) is 0.436. The Morgan fingerprint density at radius 1 is 1.20 bits per heavy atom. The van der Waals surface area contributed by atoms with Gasteiger partial charge in [0.2, 0.25) is 0 Å². The molecule has 0 aliphatic carbocycles. The molecule has 1 amide bonds. The summed E-state index contributed by atoms with van der Waals surface area (Å²) in [7, 11) is 1.38. The summed E-state index contributed by atoms with van der Waals surface area (Å²) in [5.74, 6) is -0.506. The number of thiazole rings is 1. The number of fused-ring (bicyclic) bond motifs is 1. The van der Waals surface area contributed by atoms with Crippen LogP contribution in [0.25, 0.3) is 10.2 Å². The van der Waals surface area contributed by atoms with Gasteiger partial charge in [0.1, 0.15) is 17.3 Å². The largest absolute Gasteiger partial charge is 0.503 e. The second kappa shape index (κ2) is 8.13. The number of aromatic hydroxyl groups is 1. The maximum absolute atomic E-state index is 13.2. The van der Waals surface area contributed by atoms with E-state index in [0.717, 1.165) is 10.8 Å². The van der Waals surface area contributed by atoms with Crippen LogP contribution in [0.2, 0.25) is 5.02 Å². The predicted octanol–water partition coefficient (Wildman–Crippen LogP) is 5.24. The van der Waals surface area contributed by atoms with Gasteiger partial charge in [0.05, 0.1) is 22.3 Å². The molecule has 7 nitrogen and oxygen atoms in total. The lowest BCUT2D eigenvalue weighted by molar-refractivity contribution is 0.101. The summed E-state index contributed by atoms with van der Waals surface area (Å²) in [6, 6.07) is 10.4. The number of aromatic nitrogens is 2. The SMILES string of the molecule is COc1ccnc(C(=O)Nc2nc3ccc(Oc4ccc(F)cc4Cl)cc3s2)c1O. The Morgan fingerprint density at radius 2 is 2.03 bits per heavy atom. The van der Waals surface area contributed by atoms with Crippen LogP contribution in [0, 0.1) is 5.82 Å². The number of anilines is 1. The molecule has 4 aromatic rings. The van der Waals surface area contributed by atoms with Gasteiger partial charge in [-0.05, 0) is 30.3 Å². The van der Waals surface area contributed by atoms with Crippen molar-refractivity contribution in [2.24, 2.45) is 0 Å². The number of pyridine rings is 1. The van der Waals surface area contributed by atoms with Gasteiger partial charge in [0.25, 0.3) is 5.91 Å². The number of carbonyl (C=O) groups is 1. The highest BCUT2D eigenvalue weighted by atomic mass is 35.5. The topological polar surface area (TPSA) is 93.6 Å². The number of carbonyl (C=O) groups excluding carboxylic acids is 1. The Hall–Kier alpha value is -3.43. The first-order chi connectivity index (χ1) is 14.4. The lowest BCUT2D eigenvalue weighted by Gasteiger charge is -2.07. The van der Waals surface area contributed by atoms with E-state index in [4.69, 9.17) is 21.1 Å². The molecule has 0 fully saturated rings. The van der Waals surface area contributed by atoms with Crippen LogP contribution in [0.1, 0.15) is 10.5 Å². The second-order valence-electron chi connectivity index (χ2n) is 5.99. The first-order valence-corrected chi connectivity index (χ1v) is 9.71. The van der Waals surface area contributed by atoms with Gasteiger partial charge in [0, 0.05) is 18.3 Å². The summed E-state index contributed by atoms with van der Waals surface area (Å²) in [5.41, 5.74) is 0.458. The summed E-state index contributed by atoms with van der Waals surface area (Å²) in [6.45, 7) is 0. The van der Waals surface area contributed by atoms with Crippen LogP contribution in [0.4, 0.5) is 9.52 Å². The molecule has 2 aromatic heterocycles. The normalized spacial score (nSPS) is 10.8. The molecular formula is C20H13ClFN3O4S. The van der Waals surface area contributed by atoms with Crippen molar-refractivity contribution in [1.29, 1.82) is 0 Å². The van der Waals surface area contributed by atoms with E-state index in [1.54, 1.807) is 18.2 Å². The summed E-state index contributed by atoms with van der Waals surface area (Å²) in [4.78, 5) is 20.7. The van der Waals surface area contributed by atoms with E-state index >= 15 is 0 Å². The molecule has 30 heavy (non-hydrogen) atoms. The first-order valence-electron chi connectivity index (χ1n) is 8.51. The number of benzene rings is 2. The molecule has 10 heteroatoms. The predicted molar refractivity (Wildman–Crippen MR) is 112 cm³/mol. The molecule has 0 unspecified atom stereocenters. The fourth-order valence-corrected chi connectivity index (χ4v) is 3.73. The first kappa shape index (κ1) is 19.9. The fraction of sp³-hybridized carbons (Fsp3) is 0.0500. The Morgan fingerprint density at radius 3 is 2.80 bits per heavy atom. The van der Waals surface area contributed by atoms with Crippen molar-refractivity contribution in [3.05, 3.63) is 65.2 Å². The van der Waals surface area contributed by atoms with E-state index in [2.05, 4.69) is 15.3 Å². The highest BCUT2D eigenvalue weighted by Gasteiger charge is 2.18. The lowest BCUT2D eigenvalue weighted by atomic mass is 10.3. The van der Waals surface area contributed by atoms with Crippen molar-refractivity contribution in [1.82, 2.24) is 9.97 Å². The Labute approximate surface area is 178 Å². The molecule has 2 aromatic carbocycles. The minimum Gasteiger partial charge on any atom is -0.503 e. The highest BCUT2D eigenvalue weighted by Crippen LogP contribution is 2.34. The molecule has 0 atom stereocenters. The zero-order valence-electron chi connectivity index (χ0n) is 15.3. The second-order valence-corrected chi connectivity index (χ2v) is 7.43. The van der Waals surface area contributed by atoms with E-state index in [0.29, 0.717) is 22.1 Å². The van der Waals surface area contributed by atoms with Crippen LogP contribution in [0.15, 0.2) is 48.7 Å². The summed E-state index contributed by atoms with van der Waals surface area (Å²) >= 11 is 7.20.